The summed E-state index contributed by atoms with van der Waals surface area (Å²) >= 11 is 0. The lowest BCUT2D eigenvalue weighted by Crippen LogP contribution is -2.03. The number of benzene rings is 1. The largest absolute Gasteiger partial charge is 0.490 e. The summed E-state index contributed by atoms with van der Waals surface area (Å²) in [5.41, 5.74) is 5.69. The number of hydrogen-bond donors (Lipinski definition) is 1. The molecule has 0 fully saturated rings. The molecule has 0 radical (unpaired) electrons. The van der Waals surface area contributed by atoms with Gasteiger partial charge < -0.3 is 15.0 Å². The van der Waals surface area contributed by atoms with E-state index in [1.165, 1.54) is 19.2 Å². The molecule has 8 nitrogen and oxygen atoms in total. The van der Waals surface area contributed by atoms with Gasteiger partial charge in [0, 0.05) is 18.1 Å². The Balaban J connectivity index is 2.39. The van der Waals surface area contributed by atoms with E-state index in [0.717, 1.165) is 0 Å². The molecule has 0 saturated carbocycles. The average Bonchev–Trinajstić information content (AvgIpc) is 2.87. The molecule has 1 heterocycles. The summed E-state index contributed by atoms with van der Waals surface area (Å²) < 4.78 is 9.95. The molecular formula is C11H12N4O4. The third-order valence-corrected chi connectivity index (χ3v) is 2.46. The van der Waals surface area contributed by atoms with Gasteiger partial charge in [0.15, 0.2) is 11.6 Å². The molecule has 19 heavy (non-hydrogen) atoms. The standard InChI is InChI=1S/C11H12N4O4/c1-18-9-3-2-7(6-8(9)15(16)17)11-13-10(4-5-12)14-19-11/h2-3,6H,4-5,12H2,1H3. The first-order valence-corrected chi connectivity index (χ1v) is 5.51. The molecule has 0 amide bonds. The number of ether oxygens (including phenoxy) is 1. The smallest absolute Gasteiger partial charge is 0.311 e. The molecule has 1 aromatic carbocycles. The number of nitro groups is 1. The van der Waals surface area contributed by atoms with Crippen LogP contribution in [0.25, 0.3) is 11.5 Å². The van der Waals surface area contributed by atoms with Crippen molar-refractivity contribution in [2.24, 2.45) is 5.73 Å². The Labute approximate surface area is 108 Å². The van der Waals surface area contributed by atoms with Gasteiger partial charge in [-0.1, -0.05) is 5.16 Å². The predicted molar refractivity (Wildman–Crippen MR) is 65.7 cm³/mol. The van der Waals surface area contributed by atoms with Gasteiger partial charge in [-0.05, 0) is 18.7 Å². The molecule has 100 valence electrons. The first-order chi connectivity index (χ1) is 9.15. The van der Waals surface area contributed by atoms with Crippen LogP contribution < -0.4 is 10.5 Å². The van der Waals surface area contributed by atoms with Gasteiger partial charge in [0.1, 0.15) is 0 Å². The zero-order chi connectivity index (χ0) is 13.8. The molecule has 0 aliphatic rings. The van der Waals surface area contributed by atoms with Crippen molar-refractivity contribution in [1.82, 2.24) is 10.1 Å². The van der Waals surface area contributed by atoms with Gasteiger partial charge in [0.05, 0.1) is 12.0 Å². The molecule has 0 unspecified atom stereocenters. The lowest BCUT2D eigenvalue weighted by atomic mass is 10.2. The molecule has 8 heteroatoms. The summed E-state index contributed by atoms with van der Waals surface area (Å²) in [6.07, 6.45) is 0.488. The molecule has 0 spiro atoms. The zero-order valence-electron chi connectivity index (χ0n) is 10.2. The van der Waals surface area contributed by atoms with Crippen LogP contribution in [0.15, 0.2) is 22.7 Å². The minimum Gasteiger partial charge on any atom is -0.490 e. The van der Waals surface area contributed by atoms with Crippen molar-refractivity contribution in [3.8, 4) is 17.2 Å². The van der Waals surface area contributed by atoms with E-state index in [0.29, 0.717) is 24.4 Å². The van der Waals surface area contributed by atoms with Gasteiger partial charge in [-0.15, -0.1) is 0 Å². The van der Waals surface area contributed by atoms with Gasteiger partial charge >= 0.3 is 5.69 Å². The van der Waals surface area contributed by atoms with Crippen molar-refractivity contribution >= 4 is 5.69 Å². The van der Waals surface area contributed by atoms with E-state index in [9.17, 15) is 10.1 Å². The summed E-state index contributed by atoms with van der Waals surface area (Å²) in [4.78, 5) is 14.5. The number of hydrogen-bond acceptors (Lipinski definition) is 7. The number of nitro benzene ring substituents is 1. The van der Waals surface area contributed by atoms with E-state index in [1.807, 2.05) is 0 Å². The molecule has 2 rings (SSSR count). The normalized spacial score (nSPS) is 10.4. The third-order valence-electron chi connectivity index (χ3n) is 2.46. The fourth-order valence-corrected chi connectivity index (χ4v) is 1.57. The molecule has 0 bridgehead atoms. The topological polar surface area (TPSA) is 117 Å². The fraction of sp³-hybridized carbons (Fsp3) is 0.273. The quantitative estimate of drug-likeness (QED) is 0.635. The number of nitrogens with zero attached hydrogens (tertiary/aromatic N) is 3. The van der Waals surface area contributed by atoms with Crippen molar-refractivity contribution in [2.75, 3.05) is 13.7 Å². The van der Waals surface area contributed by atoms with Crippen LogP contribution in [0.1, 0.15) is 5.82 Å². The third kappa shape index (κ3) is 2.68. The maximum atomic E-state index is 10.9. The molecular weight excluding hydrogens is 252 g/mol. The Bertz CT molecular complexity index is 596. The molecule has 0 aliphatic heterocycles. The van der Waals surface area contributed by atoms with Gasteiger partial charge in [-0.25, -0.2) is 0 Å². The van der Waals surface area contributed by atoms with Crippen LogP contribution in [0.5, 0.6) is 5.75 Å². The minimum atomic E-state index is -0.528. The van der Waals surface area contributed by atoms with Crippen LogP contribution in [-0.4, -0.2) is 28.7 Å². The summed E-state index contributed by atoms with van der Waals surface area (Å²) in [5.74, 6) is 0.862. The molecule has 2 N–H and O–H groups in total. The summed E-state index contributed by atoms with van der Waals surface area (Å²) in [6.45, 7) is 0.404. The lowest BCUT2D eigenvalue weighted by molar-refractivity contribution is -0.385. The summed E-state index contributed by atoms with van der Waals surface area (Å²) in [6, 6.07) is 4.43. The van der Waals surface area contributed by atoms with E-state index in [-0.39, 0.29) is 17.3 Å². The second-order valence-corrected chi connectivity index (χ2v) is 3.70. The number of rotatable bonds is 5. The fourth-order valence-electron chi connectivity index (χ4n) is 1.57. The van der Waals surface area contributed by atoms with E-state index in [2.05, 4.69) is 10.1 Å². The van der Waals surface area contributed by atoms with E-state index in [4.69, 9.17) is 15.0 Å². The first kappa shape index (κ1) is 13.0. The van der Waals surface area contributed by atoms with Gasteiger partial charge in [0.2, 0.25) is 0 Å². The highest BCUT2D eigenvalue weighted by atomic mass is 16.6. The second-order valence-electron chi connectivity index (χ2n) is 3.70. The van der Waals surface area contributed by atoms with E-state index in [1.54, 1.807) is 6.07 Å². The summed E-state index contributed by atoms with van der Waals surface area (Å²) in [7, 11) is 1.37. The van der Waals surface area contributed by atoms with Gasteiger partial charge in [-0.3, -0.25) is 10.1 Å². The van der Waals surface area contributed by atoms with Crippen molar-refractivity contribution in [1.29, 1.82) is 0 Å². The van der Waals surface area contributed by atoms with E-state index < -0.39 is 4.92 Å². The maximum absolute atomic E-state index is 10.9. The highest BCUT2D eigenvalue weighted by Crippen LogP contribution is 2.31. The second kappa shape index (κ2) is 5.44. The Kier molecular flexibility index (Phi) is 3.71. The van der Waals surface area contributed by atoms with Crippen molar-refractivity contribution in [2.45, 2.75) is 6.42 Å². The van der Waals surface area contributed by atoms with Gasteiger partial charge in [0.25, 0.3) is 5.89 Å². The lowest BCUT2D eigenvalue weighted by Gasteiger charge is -2.01. The van der Waals surface area contributed by atoms with Crippen molar-refractivity contribution < 1.29 is 14.2 Å². The number of methoxy groups -OCH3 is 1. The predicted octanol–water partition coefficient (Wildman–Crippen LogP) is 1.15. The van der Waals surface area contributed by atoms with Crippen LogP contribution in [-0.2, 0) is 6.42 Å². The minimum absolute atomic E-state index is 0.154. The molecule has 2 aromatic rings. The molecule has 0 aliphatic carbocycles. The Morgan fingerprint density at radius 3 is 2.95 bits per heavy atom. The molecule has 1 aromatic heterocycles. The molecule has 0 atom stereocenters. The van der Waals surface area contributed by atoms with Crippen LogP contribution >= 0.6 is 0 Å². The van der Waals surface area contributed by atoms with Crippen molar-refractivity contribution in [3.63, 3.8) is 0 Å². The first-order valence-electron chi connectivity index (χ1n) is 5.51. The Hall–Kier alpha value is -2.48. The van der Waals surface area contributed by atoms with Crippen molar-refractivity contribution in [3.05, 3.63) is 34.1 Å². The van der Waals surface area contributed by atoms with Crippen LogP contribution in [0, 0.1) is 10.1 Å². The number of aromatic nitrogens is 2. The van der Waals surface area contributed by atoms with Crippen LogP contribution in [0.2, 0.25) is 0 Å². The Morgan fingerprint density at radius 2 is 2.32 bits per heavy atom. The highest BCUT2D eigenvalue weighted by Gasteiger charge is 2.18. The zero-order valence-corrected chi connectivity index (χ0v) is 10.2. The number of nitrogens with two attached hydrogens (primary N) is 1. The monoisotopic (exact) mass is 264 g/mol. The van der Waals surface area contributed by atoms with Gasteiger partial charge in [-0.2, -0.15) is 4.98 Å². The van der Waals surface area contributed by atoms with E-state index >= 15 is 0 Å². The molecule has 0 saturated heterocycles. The Morgan fingerprint density at radius 1 is 1.53 bits per heavy atom. The maximum Gasteiger partial charge on any atom is 0.311 e. The summed E-state index contributed by atoms with van der Waals surface area (Å²) in [5, 5.41) is 14.6. The highest BCUT2D eigenvalue weighted by molar-refractivity contribution is 5.62. The average molecular weight is 264 g/mol. The van der Waals surface area contributed by atoms with Crippen LogP contribution in [0.3, 0.4) is 0 Å². The SMILES string of the molecule is COc1ccc(-c2nc(CCN)no2)cc1[N+](=O)[O-]. The van der Waals surface area contributed by atoms with Crippen LogP contribution in [0.4, 0.5) is 5.69 Å².